The highest BCUT2D eigenvalue weighted by Gasteiger charge is 2.37. The number of morpholine rings is 1. The molecule has 2 aliphatic rings. The van der Waals surface area contributed by atoms with E-state index in [1.54, 1.807) is 4.90 Å². The molecule has 1 aromatic heterocycles. The molecule has 0 saturated carbocycles. The molecule has 9 heteroatoms. The highest BCUT2D eigenvalue weighted by molar-refractivity contribution is 5.76. The highest BCUT2D eigenvalue weighted by atomic mass is 16.5. The predicted octanol–water partition coefficient (Wildman–Crippen LogP) is -2.03. The van der Waals surface area contributed by atoms with E-state index >= 15 is 0 Å². The van der Waals surface area contributed by atoms with E-state index in [4.69, 9.17) is 4.74 Å². The zero-order valence-electron chi connectivity index (χ0n) is 11.8. The number of carbonyl (C=O) groups is 1. The van der Waals surface area contributed by atoms with Crippen LogP contribution in [0.4, 0.5) is 0 Å². The van der Waals surface area contributed by atoms with Crippen LogP contribution < -0.4 is 0 Å². The van der Waals surface area contributed by atoms with Crippen LogP contribution >= 0.6 is 0 Å². The van der Waals surface area contributed by atoms with Crippen molar-refractivity contribution < 1.29 is 14.6 Å². The molecule has 9 nitrogen and oxygen atoms in total. The number of hydrogen-bond acceptors (Lipinski definition) is 7. The largest absolute Gasteiger partial charge is 0.390 e. The predicted molar refractivity (Wildman–Crippen MR) is 71.2 cm³/mol. The summed E-state index contributed by atoms with van der Waals surface area (Å²) in [5, 5.41) is 21.0. The first-order valence-electron chi connectivity index (χ1n) is 7.22. The summed E-state index contributed by atoms with van der Waals surface area (Å²) >= 11 is 0. The molecule has 0 aliphatic carbocycles. The normalized spacial score (nSPS) is 27.2. The third-order valence-corrected chi connectivity index (χ3v) is 4.07. The number of carbonyl (C=O) groups excluding carboxylic acids is 1. The number of tetrazole rings is 1. The molecule has 116 valence electrons. The lowest BCUT2D eigenvalue weighted by molar-refractivity contribution is -0.130. The van der Waals surface area contributed by atoms with Crippen molar-refractivity contribution in [1.29, 1.82) is 0 Å². The smallest absolute Gasteiger partial charge is 0.224 e. The molecular formula is C12H20N6O3. The Labute approximate surface area is 122 Å². The first kappa shape index (κ1) is 14.4. The molecule has 0 bridgehead atoms. The van der Waals surface area contributed by atoms with Gasteiger partial charge in [0.25, 0.3) is 0 Å². The van der Waals surface area contributed by atoms with Crippen molar-refractivity contribution in [3.63, 3.8) is 0 Å². The number of aliphatic hydroxyl groups is 1. The fourth-order valence-electron chi connectivity index (χ4n) is 2.89. The Bertz CT molecular complexity index is 462. The molecule has 1 aromatic rings. The summed E-state index contributed by atoms with van der Waals surface area (Å²) < 4.78 is 6.85. The summed E-state index contributed by atoms with van der Waals surface area (Å²) in [5.41, 5.74) is 0. The zero-order valence-corrected chi connectivity index (χ0v) is 11.8. The molecule has 0 aromatic carbocycles. The van der Waals surface area contributed by atoms with E-state index in [0.29, 0.717) is 39.3 Å². The van der Waals surface area contributed by atoms with Gasteiger partial charge in [-0.05, 0) is 10.4 Å². The number of amides is 1. The number of β-amino-alcohol motifs (C(OH)–C–C–N with tert-alkyl or cyclic N) is 1. The minimum absolute atomic E-state index is 0.0193. The van der Waals surface area contributed by atoms with Gasteiger partial charge in [-0.2, -0.15) is 0 Å². The van der Waals surface area contributed by atoms with E-state index in [1.807, 2.05) is 0 Å². The highest BCUT2D eigenvalue weighted by Crippen LogP contribution is 2.18. The molecule has 2 atom stereocenters. The number of nitrogens with zero attached hydrogens (tertiary/aromatic N) is 6. The summed E-state index contributed by atoms with van der Waals surface area (Å²) in [6.45, 7) is 4.45. The summed E-state index contributed by atoms with van der Waals surface area (Å²) in [6, 6.07) is 0.0193. The monoisotopic (exact) mass is 296 g/mol. The fourth-order valence-corrected chi connectivity index (χ4v) is 2.89. The summed E-state index contributed by atoms with van der Waals surface area (Å²) in [4.78, 5) is 16.1. The van der Waals surface area contributed by atoms with Gasteiger partial charge in [-0.3, -0.25) is 9.69 Å². The second-order valence-corrected chi connectivity index (χ2v) is 5.40. The molecule has 2 aliphatic heterocycles. The minimum Gasteiger partial charge on any atom is -0.390 e. The summed E-state index contributed by atoms with van der Waals surface area (Å²) in [5.74, 6) is 0.0281. The van der Waals surface area contributed by atoms with Crippen molar-refractivity contribution in [3.05, 3.63) is 6.33 Å². The number of likely N-dealkylation sites (tertiary alicyclic amines) is 1. The molecule has 3 heterocycles. The van der Waals surface area contributed by atoms with Crippen LogP contribution in [0.25, 0.3) is 0 Å². The lowest BCUT2D eigenvalue weighted by atomic mass is 10.1. The lowest BCUT2D eigenvalue weighted by Gasteiger charge is -2.33. The Morgan fingerprint density at radius 1 is 1.33 bits per heavy atom. The number of ether oxygens (including phenoxy) is 1. The Kier molecular flexibility index (Phi) is 4.42. The first-order chi connectivity index (χ1) is 10.2. The summed E-state index contributed by atoms with van der Waals surface area (Å²) in [6.07, 6.45) is 1.34. The molecule has 0 spiro atoms. The van der Waals surface area contributed by atoms with Gasteiger partial charge in [0.1, 0.15) is 6.33 Å². The van der Waals surface area contributed by atoms with Gasteiger partial charge < -0.3 is 14.7 Å². The molecule has 3 rings (SSSR count). The molecule has 21 heavy (non-hydrogen) atoms. The number of rotatable bonds is 4. The van der Waals surface area contributed by atoms with Crippen LogP contribution in [0.5, 0.6) is 0 Å². The van der Waals surface area contributed by atoms with Crippen LogP contribution in [0.15, 0.2) is 6.33 Å². The van der Waals surface area contributed by atoms with Gasteiger partial charge in [-0.25, -0.2) is 4.68 Å². The number of hydrogen-bond donors (Lipinski definition) is 1. The molecule has 0 unspecified atom stereocenters. The van der Waals surface area contributed by atoms with E-state index in [0.717, 1.165) is 13.1 Å². The van der Waals surface area contributed by atoms with E-state index in [9.17, 15) is 9.90 Å². The van der Waals surface area contributed by atoms with Crippen LogP contribution in [-0.4, -0.2) is 92.6 Å². The van der Waals surface area contributed by atoms with E-state index < -0.39 is 6.10 Å². The Morgan fingerprint density at radius 2 is 2.14 bits per heavy atom. The summed E-state index contributed by atoms with van der Waals surface area (Å²) in [7, 11) is 0. The maximum absolute atomic E-state index is 12.2. The van der Waals surface area contributed by atoms with Crippen LogP contribution in [0, 0.1) is 0 Å². The average molecular weight is 296 g/mol. The molecular weight excluding hydrogens is 276 g/mol. The standard InChI is InChI=1S/C12H20N6O3/c19-11-8-17(7-10(11)16-3-5-21-6-4-16)12(20)1-2-18-9-13-14-15-18/h9-11,19H,1-8H2/t10-,11-/m1/s1. The van der Waals surface area contributed by atoms with Gasteiger partial charge in [0.15, 0.2) is 0 Å². The third kappa shape index (κ3) is 3.36. The van der Waals surface area contributed by atoms with Gasteiger partial charge in [-0.15, -0.1) is 5.10 Å². The van der Waals surface area contributed by atoms with Gasteiger partial charge >= 0.3 is 0 Å². The van der Waals surface area contributed by atoms with Crippen molar-refractivity contribution in [1.82, 2.24) is 30.0 Å². The molecule has 0 radical (unpaired) electrons. The van der Waals surface area contributed by atoms with E-state index in [1.165, 1.54) is 11.0 Å². The second kappa shape index (κ2) is 6.46. The van der Waals surface area contributed by atoms with Crippen molar-refractivity contribution in [2.75, 3.05) is 39.4 Å². The fraction of sp³-hybridized carbons (Fsp3) is 0.833. The molecule has 2 saturated heterocycles. The van der Waals surface area contributed by atoms with Crippen LogP contribution in [-0.2, 0) is 16.1 Å². The minimum atomic E-state index is -0.486. The molecule has 1 N–H and O–H groups in total. The topological polar surface area (TPSA) is 96.6 Å². The maximum atomic E-state index is 12.2. The van der Waals surface area contributed by atoms with E-state index in [-0.39, 0.29) is 11.9 Å². The SMILES string of the molecule is O=C(CCn1cnnn1)N1C[C@@H](O)[C@H](N2CCOCC2)C1. The lowest BCUT2D eigenvalue weighted by Crippen LogP contribution is -2.49. The van der Waals surface area contributed by atoms with Crippen molar-refractivity contribution in [3.8, 4) is 0 Å². The number of aliphatic hydroxyl groups excluding tert-OH is 1. The quantitative estimate of drug-likeness (QED) is 0.684. The second-order valence-electron chi connectivity index (χ2n) is 5.40. The molecule has 2 fully saturated rings. The Morgan fingerprint density at radius 3 is 2.86 bits per heavy atom. The number of aromatic nitrogens is 4. The third-order valence-electron chi connectivity index (χ3n) is 4.07. The Balaban J connectivity index is 1.51. The molecule has 1 amide bonds. The maximum Gasteiger partial charge on any atom is 0.224 e. The van der Waals surface area contributed by atoms with Crippen molar-refractivity contribution in [2.24, 2.45) is 0 Å². The van der Waals surface area contributed by atoms with E-state index in [2.05, 4.69) is 20.4 Å². The first-order valence-corrected chi connectivity index (χ1v) is 7.22. The van der Waals surface area contributed by atoms with Crippen molar-refractivity contribution in [2.45, 2.75) is 25.1 Å². The van der Waals surface area contributed by atoms with Gasteiger partial charge in [0.2, 0.25) is 5.91 Å². The van der Waals surface area contributed by atoms with Crippen molar-refractivity contribution >= 4 is 5.91 Å². The van der Waals surface area contributed by atoms with Gasteiger partial charge in [0, 0.05) is 32.6 Å². The van der Waals surface area contributed by atoms with Crippen LogP contribution in [0.1, 0.15) is 6.42 Å². The van der Waals surface area contributed by atoms with Gasteiger partial charge in [0.05, 0.1) is 31.9 Å². The number of aryl methyl sites for hydroxylation is 1. The zero-order chi connectivity index (χ0) is 14.7. The van der Waals surface area contributed by atoms with Crippen LogP contribution in [0.2, 0.25) is 0 Å². The average Bonchev–Trinajstić information content (AvgIpc) is 3.15. The van der Waals surface area contributed by atoms with Crippen LogP contribution in [0.3, 0.4) is 0 Å². The van der Waals surface area contributed by atoms with Gasteiger partial charge in [-0.1, -0.05) is 0 Å². The Hall–Kier alpha value is -1.58.